The maximum atomic E-state index is 12.8. The highest BCUT2D eigenvalue weighted by molar-refractivity contribution is 7.92. The molecule has 1 aromatic heterocycles. The van der Waals surface area contributed by atoms with Crippen LogP contribution in [0.2, 0.25) is 0 Å². The van der Waals surface area contributed by atoms with Gasteiger partial charge in [-0.15, -0.1) is 0 Å². The fraction of sp³-hybridized carbons (Fsp3) is 0.519. The minimum absolute atomic E-state index is 0.265. The van der Waals surface area contributed by atoms with Crippen molar-refractivity contribution in [1.29, 1.82) is 0 Å². The maximum Gasteiger partial charge on any atom is 0.261 e. The normalized spacial score (nSPS) is 19.3. The third-order valence-corrected chi connectivity index (χ3v) is 8.98. The molecule has 1 N–H and O–H groups in total. The Labute approximate surface area is 203 Å². The predicted octanol–water partition coefficient (Wildman–Crippen LogP) is 5.62. The smallest absolute Gasteiger partial charge is 0.261 e. The average molecular weight is 481 g/mol. The second-order valence-corrected chi connectivity index (χ2v) is 11.8. The molecule has 0 amide bonds. The number of likely N-dealkylation sites (tertiary alicyclic amines) is 1. The Bertz CT molecular complexity index is 1210. The van der Waals surface area contributed by atoms with Crippen LogP contribution in [0.25, 0.3) is 11.0 Å². The molecule has 2 aromatic carbocycles. The van der Waals surface area contributed by atoms with Gasteiger partial charge < -0.3 is 9.47 Å². The van der Waals surface area contributed by atoms with Crippen LogP contribution in [0, 0.1) is 5.92 Å². The monoisotopic (exact) mass is 480 g/mol. The topological polar surface area (TPSA) is 67.2 Å². The van der Waals surface area contributed by atoms with Gasteiger partial charge in [-0.3, -0.25) is 4.72 Å². The number of benzene rings is 2. The van der Waals surface area contributed by atoms with E-state index in [1.807, 2.05) is 18.2 Å². The summed E-state index contributed by atoms with van der Waals surface area (Å²) in [7, 11) is -1.44. The quantitative estimate of drug-likeness (QED) is 0.465. The SMILES string of the molecule is CN1CCC(c2nc3cc(NS(=O)(=O)c4ccccc4)ccc3n2CC2CCCCCC2)CC1. The lowest BCUT2D eigenvalue weighted by atomic mass is 9.95. The summed E-state index contributed by atoms with van der Waals surface area (Å²) in [4.78, 5) is 7.78. The number of nitrogens with one attached hydrogen (secondary N) is 1. The predicted molar refractivity (Wildman–Crippen MR) is 138 cm³/mol. The van der Waals surface area contributed by atoms with Gasteiger partial charge in [0.05, 0.1) is 21.6 Å². The van der Waals surface area contributed by atoms with Crippen LogP contribution in [0.3, 0.4) is 0 Å². The third-order valence-electron chi connectivity index (χ3n) is 7.58. The number of nitrogens with zero attached hydrogens (tertiary/aromatic N) is 3. The Morgan fingerprint density at radius 2 is 1.65 bits per heavy atom. The molecule has 0 spiro atoms. The first kappa shape index (κ1) is 23.4. The Kier molecular flexibility index (Phi) is 6.93. The van der Waals surface area contributed by atoms with Crippen molar-refractivity contribution in [2.45, 2.75) is 68.7 Å². The van der Waals surface area contributed by atoms with E-state index in [2.05, 4.69) is 27.3 Å². The van der Waals surface area contributed by atoms with Crippen LogP contribution >= 0.6 is 0 Å². The van der Waals surface area contributed by atoms with Crippen LogP contribution in [-0.4, -0.2) is 43.0 Å². The van der Waals surface area contributed by atoms with Crippen molar-refractivity contribution in [2.75, 3.05) is 24.9 Å². The lowest BCUT2D eigenvalue weighted by molar-refractivity contribution is 0.247. The van der Waals surface area contributed by atoms with Gasteiger partial charge >= 0.3 is 0 Å². The Morgan fingerprint density at radius 1 is 0.941 bits per heavy atom. The number of hydrogen-bond acceptors (Lipinski definition) is 4. The Morgan fingerprint density at radius 3 is 2.35 bits per heavy atom. The fourth-order valence-electron chi connectivity index (χ4n) is 5.60. The molecular weight excluding hydrogens is 444 g/mol. The van der Waals surface area contributed by atoms with Gasteiger partial charge in [0, 0.05) is 12.5 Å². The van der Waals surface area contributed by atoms with Gasteiger partial charge in [0.1, 0.15) is 5.82 Å². The average Bonchev–Trinajstić information content (AvgIpc) is 3.00. The number of sulfonamides is 1. The maximum absolute atomic E-state index is 12.8. The van der Waals surface area contributed by atoms with Crippen molar-refractivity contribution in [3.63, 3.8) is 0 Å². The molecule has 34 heavy (non-hydrogen) atoms. The molecule has 0 bridgehead atoms. The first-order chi connectivity index (χ1) is 16.5. The van der Waals surface area contributed by atoms with Crippen LogP contribution in [0.4, 0.5) is 5.69 Å². The highest BCUT2D eigenvalue weighted by atomic mass is 32.2. The van der Waals surface area contributed by atoms with E-state index < -0.39 is 10.0 Å². The molecule has 182 valence electrons. The molecule has 7 heteroatoms. The van der Waals surface area contributed by atoms with Gasteiger partial charge in [-0.2, -0.15) is 0 Å². The fourth-order valence-corrected chi connectivity index (χ4v) is 6.67. The first-order valence-electron chi connectivity index (χ1n) is 12.8. The van der Waals surface area contributed by atoms with Gasteiger partial charge in [-0.25, -0.2) is 13.4 Å². The van der Waals surface area contributed by atoms with Gasteiger partial charge in [-0.05, 0) is 82.1 Å². The molecule has 0 unspecified atom stereocenters. The standard InChI is InChI=1S/C27H36N4O2S/c1-30-17-15-22(16-18-30)27-28-25-19-23(29-34(32,33)24-11-7-4-8-12-24)13-14-26(25)31(27)20-21-9-5-2-3-6-10-21/h4,7-8,11-14,19,21-22,29H,2-3,5-6,9-10,15-18,20H2,1H3. The number of aromatic nitrogens is 2. The zero-order chi connectivity index (χ0) is 23.5. The van der Waals surface area contributed by atoms with Crippen LogP contribution in [0.1, 0.15) is 63.1 Å². The van der Waals surface area contributed by atoms with E-state index in [1.165, 1.54) is 44.3 Å². The molecule has 3 aromatic rings. The molecule has 0 radical (unpaired) electrons. The van der Waals surface area contributed by atoms with Crippen LogP contribution in [0.5, 0.6) is 0 Å². The Balaban J connectivity index is 1.47. The summed E-state index contributed by atoms with van der Waals surface area (Å²) in [5.41, 5.74) is 2.57. The lowest BCUT2D eigenvalue weighted by Gasteiger charge is -2.29. The Hall–Kier alpha value is -2.38. The second kappa shape index (κ2) is 10.1. The van der Waals surface area contributed by atoms with E-state index in [4.69, 9.17) is 4.98 Å². The number of imidazole rings is 1. The molecule has 0 atom stereocenters. The van der Waals surface area contributed by atoms with Gasteiger partial charge in [0.15, 0.2) is 0 Å². The number of fused-ring (bicyclic) bond motifs is 1. The summed E-state index contributed by atoms with van der Waals surface area (Å²) in [6.07, 6.45) is 10.2. The molecule has 2 heterocycles. The summed E-state index contributed by atoms with van der Waals surface area (Å²) in [6.45, 7) is 3.21. The molecule has 1 aliphatic heterocycles. The summed E-state index contributed by atoms with van der Waals surface area (Å²) in [6, 6.07) is 14.4. The van der Waals surface area contributed by atoms with E-state index in [9.17, 15) is 8.42 Å². The summed E-state index contributed by atoms with van der Waals surface area (Å²) >= 11 is 0. The molecule has 5 rings (SSSR count). The van der Waals surface area contributed by atoms with E-state index >= 15 is 0 Å². The van der Waals surface area contributed by atoms with E-state index in [1.54, 1.807) is 24.3 Å². The van der Waals surface area contributed by atoms with Crippen LogP contribution in [0.15, 0.2) is 53.4 Å². The largest absolute Gasteiger partial charge is 0.327 e. The summed E-state index contributed by atoms with van der Waals surface area (Å²) in [5, 5.41) is 0. The highest BCUT2D eigenvalue weighted by Crippen LogP contribution is 2.34. The molecule has 1 aliphatic carbocycles. The molecular formula is C27H36N4O2S. The van der Waals surface area contributed by atoms with Crippen molar-refractivity contribution < 1.29 is 8.42 Å². The lowest BCUT2D eigenvalue weighted by Crippen LogP contribution is -2.30. The van der Waals surface area contributed by atoms with E-state index in [-0.39, 0.29) is 4.90 Å². The number of rotatable bonds is 6. The van der Waals surface area contributed by atoms with Gasteiger partial charge in [0.25, 0.3) is 10.0 Å². The molecule has 2 fully saturated rings. The van der Waals surface area contributed by atoms with E-state index in [0.717, 1.165) is 43.5 Å². The first-order valence-corrected chi connectivity index (χ1v) is 14.2. The molecule has 2 aliphatic rings. The minimum Gasteiger partial charge on any atom is -0.327 e. The zero-order valence-electron chi connectivity index (χ0n) is 20.1. The second-order valence-electron chi connectivity index (χ2n) is 10.1. The van der Waals surface area contributed by atoms with Crippen molar-refractivity contribution in [3.8, 4) is 0 Å². The van der Waals surface area contributed by atoms with Crippen molar-refractivity contribution in [2.24, 2.45) is 5.92 Å². The van der Waals surface area contributed by atoms with Gasteiger partial charge in [-0.1, -0.05) is 43.9 Å². The minimum atomic E-state index is -3.63. The van der Waals surface area contributed by atoms with Crippen LogP contribution < -0.4 is 4.72 Å². The third kappa shape index (κ3) is 5.15. The summed E-state index contributed by atoms with van der Waals surface area (Å²) < 4.78 is 30.9. The van der Waals surface area contributed by atoms with Crippen molar-refractivity contribution >= 4 is 26.7 Å². The number of anilines is 1. The molecule has 6 nitrogen and oxygen atoms in total. The van der Waals surface area contributed by atoms with Crippen molar-refractivity contribution in [3.05, 3.63) is 54.4 Å². The molecule has 1 saturated heterocycles. The van der Waals surface area contributed by atoms with E-state index in [0.29, 0.717) is 17.5 Å². The number of hydrogen-bond donors (Lipinski definition) is 1. The zero-order valence-corrected chi connectivity index (χ0v) is 20.9. The van der Waals surface area contributed by atoms with Gasteiger partial charge in [0.2, 0.25) is 0 Å². The van der Waals surface area contributed by atoms with Crippen LogP contribution in [-0.2, 0) is 16.6 Å². The highest BCUT2D eigenvalue weighted by Gasteiger charge is 2.26. The molecule has 1 saturated carbocycles. The van der Waals surface area contributed by atoms with Crippen molar-refractivity contribution in [1.82, 2.24) is 14.5 Å². The number of piperidine rings is 1. The summed E-state index contributed by atoms with van der Waals surface area (Å²) in [5.74, 6) is 2.34.